The molecule has 2 rings (SSSR count). The van der Waals surface area contributed by atoms with Gasteiger partial charge in [0, 0.05) is 55.0 Å². The van der Waals surface area contributed by atoms with E-state index in [0.29, 0.717) is 30.3 Å². The van der Waals surface area contributed by atoms with Crippen LogP contribution in [-0.2, 0) is 14.4 Å². The Labute approximate surface area is 211 Å². The maximum Gasteiger partial charge on any atom is 0.222 e. The molecule has 184 valence electrons. The Morgan fingerprint density at radius 1 is 1.06 bits per heavy atom. The Morgan fingerprint density at radius 3 is 2.59 bits per heavy atom. The molecule has 32 heavy (non-hydrogen) atoms. The molecule has 0 aromatic rings. The number of likely N-dealkylation sites (tertiary alicyclic amines) is 1. The van der Waals surface area contributed by atoms with Crippen molar-refractivity contribution >= 4 is 61.9 Å². The van der Waals surface area contributed by atoms with E-state index in [9.17, 15) is 14.4 Å². The maximum absolute atomic E-state index is 12.8. The van der Waals surface area contributed by atoms with Gasteiger partial charge < -0.3 is 4.90 Å². The normalized spacial score (nSPS) is 21.8. The van der Waals surface area contributed by atoms with Gasteiger partial charge in [-0.25, -0.2) is 0 Å². The standard InChI is InChI=1S/C24H41NO3S4/c1-19(26)31-22(13-16-29-2)10-5-6-12-24(28)25-15-7-8-20(25)18-21(27)9-3-4-11-23-14-17-30-32-23/h20,22-23H,3-18H2,1-2H3. The van der Waals surface area contributed by atoms with Crippen LogP contribution in [0.15, 0.2) is 0 Å². The van der Waals surface area contributed by atoms with E-state index in [1.54, 1.807) is 6.92 Å². The van der Waals surface area contributed by atoms with Gasteiger partial charge in [-0.3, -0.25) is 14.4 Å². The third-order valence-electron chi connectivity index (χ3n) is 6.26. The summed E-state index contributed by atoms with van der Waals surface area (Å²) in [6, 6.07) is 0.124. The molecule has 4 nitrogen and oxygen atoms in total. The average molecular weight is 520 g/mol. The van der Waals surface area contributed by atoms with Crippen LogP contribution in [-0.4, -0.2) is 62.6 Å². The quantitative estimate of drug-likeness (QED) is 0.168. The van der Waals surface area contributed by atoms with Crippen molar-refractivity contribution in [2.75, 3.05) is 24.3 Å². The van der Waals surface area contributed by atoms with Gasteiger partial charge in [-0.05, 0) is 63.4 Å². The van der Waals surface area contributed by atoms with E-state index in [2.05, 4.69) is 6.26 Å². The number of carbonyl (C=O) groups excluding carboxylic acids is 3. The van der Waals surface area contributed by atoms with Crippen LogP contribution in [0.2, 0.25) is 0 Å². The van der Waals surface area contributed by atoms with E-state index in [1.807, 2.05) is 38.2 Å². The van der Waals surface area contributed by atoms with Gasteiger partial charge in [0.05, 0.1) is 0 Å². The van der Waals surface area contributed by atoms with Crippen LogP contribution < -0.4 is 0 Å². The molecule has 2 heterocycles. The number of hydrogen-bond donors (Lipinski definition) is 0. The van der Waals surface area contributed by atoms with Crippen molar-refractivity contribution in [3.8, 4) is 0 Å². The number of rotatable bonds is 16. The highest BCUT2D eigenvalue weighted by atomic mass is 33.1. The lowest BCUT2D eigenvalue weighted by atomic mass is 10.0. The number of Topliss-reactive ketones (excluding diaryl/α,β-unsaturated/α-hetero) is 1. The number of carbonyl (C=O) groups is 3. The maximum atomic E-state index is 12.8. The molecule has 2 fully saturated rings. The Balaban J connectivity index is 1.62. The number of hydrogen-bond acceptors (Lipinski definition) is 7. The summed E-state index contributed by atoms with van der Waals surface area (Å²) in [5, 5.41) is 1.35. The molecule has 3 unspecified atom stereocenters. The van der Waals surface area contributed by atoms with Crippen molar-refractivity contribution in [3.63, 3.8) is 0 Å². The minimum atomic E-state index is 0.124. The molecular weight excluding hydrogens is 479 g/mol. The molecule has 0 aromatic heterocycles. The number of unbranched alkanes of at least 4 members (excludes halogenated alkanes) is 2. The molecule has 3 atom stereocenters. The Hall–Kier alpha value is 0.210. The molecule has 2 saturated heterocycles. The third-order valence-corrected chi connectivity index (χ3v) is 11.1. The Morgan fingerprint density at radius 2 is 1.88 bits per heavy atom. The van der Waals surface area contributed by atoms with Crippen LogP contribution >= 0.6 is 45.1 Å². The Kier molecular flexibility index (Phi) is 14.9. The van der Waals surface area contributed by atoms with Crippen LogP contribution in [0, 0.1) is 0 Å². The van der Waals surface area contributed by atoms with Crippen LogP contribution in [0.1, 0.15) is 90.4 Å². The molecule has 0 N–H and O–H groups in total. The smallest absolute Gasteiger partial charge is 0.222 e. The molecule has 0 saturated carbocycles. The van der Waals surface area contributed by atoms with Crippen LogP contribution in [0.4, 0.5) is 0 Å². The SMILES string of the molecule is CSCCC(CCCCC(=O)N1CCCC1CC(=O)CCCCC1CCSS1)SC(C)=O. The van der Waals surface area contributed by atoms with Crippen molar-refractivity contribution < 1.29 is 14.4 Å². The third kappa shape index (κ3) is 11.6. The van der Waals surface area contributed by atoms with E-state index in [1.165, 1.54) is 30.4 Å². The predicted octanol–water partition coefficient (Wildman–Crippen LogP) is 6.61. The topological polar surface area (TPSA) is 54.5 Å². The van der Waals surface area contributed by atoms with E-state index < -0.39 is 0 Å². The van der Waals surface area contributed by atoms with Gasteiger partial charge in [-0.2, -0.15) is 11.8 Å². The van der Waals surface area contributed by atoms with Gasteiger partial charge in [-0.15, -0.1) is 0 Å². The molecule has 0 radical (unpaired) electrons. The average Bonchev–Trinajstić information content (AvgIpc) is 3.44. The molecule has 0 bridgehead atoms. The minimum Gasteiger partial charge on any atom is -0.339 e. The summed E-state index contributed by atoms with van der Waals surface area (Å²) in [4.78, 5) is 38.7. The first-order chi connectivity index (χ1) is 15.5. The highest BCUT2D eigenvalue weighted by Gasteiger charge is 2.29. The molecule has 2 aliphatic rings. The summed E-state index contributed by atoms with van der Waals surface area (Å²) in [6.45, 7) is 2.45. The number of thioether (sulfide) groups is 2. The van der Waals surface area contributed by atoms with Gasteiger partial charge >= 0.3 is 0 Å². The van der Waals surface area contributed by atoms with Crippen LogP contribution in [0.3, 0.4) is 0 Å². The lowest BCUT2D eigenvalue weighted by molar-refractivity contribution is -0.133. The van der Waals surface area contributed by atoms with Crippen molar-refractivity contribution in [1.29, 1.82) is 0 Å². The van der Waals surface area contributed by atoms with Gasteiger partial charge in [0.25, 0.3) is 0 Å². The second-order valence-electron chi connectivity index (χ2n) is 8.96. The zero-order valence-electron chi connectivity index (χ0n) is 19.9. The number of amides is 1. The number of ketones is 1. The molecule has 8 heteroatoms. The second kappa shape index (κ2) is 16.8. The summed E-state index contributed by atoms with van der Waals surface area (Å²) in [5.74, 6) is 2.90. The van der Waals surface area contributed by atoms with Crippen molar-refractivity contribution in [3.05, 3.63) is 0 Å². The predicted molar refractivity (Wildman–Crippen MR) is 145 cm³/mol. The summed E-state index contributed by atoms with van der Waals surface area (Å²) in [7, 11) is 4.00. The second-order valence-corrected chi connectivity index (χ2v) is 14.2. The molecule has 1 amide bonds. The zero-order chi connectivity index (χ0) is 23.2. The first-order valence-electron chi connectivity index (χ1n) is 12.2. The Bertz CT molecular complexity index is 584. The monoisotopic (exact) mass is 519 g/mol. The van der Waals surface area contributed by atoms with Crippen LogP contribution in [0.25, 0.3) is 0 Å². The summed E-state index contributed by atoms with van der Waals surface area (Å²) in [6.07, 6.45) is 14.5. The summed E-state index contributed by atoms with van der Waals surface area (Å²) >= 11 is 3.28. The molecule has 0 spiro atoms. The van der Waals surface area contributed by atoms with Crippen molar-refractivity contribution in [1.82, 2.24) is 4.90 Å². The molecular formula is C24H41NO3S4. The minimum absolute atomic E-state index is 0.124. The molecule has 2 aliphatic heterocycles. The van der Waals surface area contributed by atoms with Gasteiger partial charge in [0.15, 0.2) is 5.12 Å². The van der Waals surface area contributed by atoms with Gasteiger partial charge in [0.2, 0.25) is 5.91 Å². The first-order valence-corrected chi connectivity index (χ1v) is 16.9. The van der Waals surface area contributed by atoms with E-state index in [-0.39, 0.29) is 17.1 Å². The summed E-state index contributed by atoms with van der Waals surface area (Å²) in [5.41, 5.74) is 0. The largest absolute Gasteiger partial charge is 0.339 e. The molecule has 0 aliphatic carbocycles. The van der Waals surface area contributed by atoms with Crippen LogP contribution in [0.5, 0.6) is 0 Å². The highest BCUT2D eigenvalue weighted by Crippen LogP contribution is 2.40. The van der Waals surface area contributed by atoms with Crippen molar-refractivity contribution in [2.45, 2.75) is 107 Å². The van der Waals surface area contributed by atoms with Gasteiger partial charge in [-0.1, -0.05) is 46.2 Å². The number of nitrogens with zero attached hydrogens (tertiary/aromatic N) is 1. The fourth-order valence-corrected chi connectivity index (χ4v) is 9.22. The molecule has 0 aromatic carbocycles. The summed E-state index contributed by atoms with van der Waals surface area (Å²) < 4.78 is 0. The van der Waals surface area contributed by atoms with Crippen molar-refractivity contribution in [2.24, 2.45) is 0 Å². The fraction of sp³-hybridized carbons (Fsp3) is 0.875. The van der Waals surface area contributed by atoms with E-state index in [0.717, 1.165) is 68.9 Å². The highest BCUT2D eigenvalue weighted by molar-refractivity contribution is 8.77. The first kappa shape index (κ1) is 28.4. The zero-order valence-corrected chi connectivity index (χ0v) is 23.1. The van der Waals surface area contributed by atoms with Gasteiger partial charge in [0.1, 0.15) is 5.78 Å². The van der Waals surface area contributed by atoms with E-state index in [4.69, 9.17) is 0 Å². The lowest BCUT2D eigenvalue weighted by Crippen LogP contribution is -2.36. The fourth-order valence-electron chi connectivity index (χ4n) is 4.54. The lowest BCUT2D eigenvalue weighted by Gasteiger charge is -2.24. The van der Waals surface area contributed by atoms with E-state index >= 15 is 0 Å².